The van der Waals surface area contributed by atoms with Crippen molar-refractivity contribution in [2.75, 3.05) is 0 Å². The fraction of sp³-hybridized carbons (Fsp3) is 0. The van der Waals surface area contributed by atoms with Crippen molar-refractivity contribution in [3.63, 3.8) is 0 Å². The van der Waals surface area contributed by atoms with E-state index < -0.39 is 0 Å². The van der Waals surface area contributed by atoms with Crippen LogP contribution in [0.2, 0.25) is 0 Å². The van der Waals surface area contributed by atoms with E-state index in [4.69, 9.17) is 0 Å². The molecule has 2 aromatic heterocycles. The van der Waals surface area contributed by atoms with Crippen molar-refractivity contribution < 1.29 is 21.1 Å². The zero-order valence-electron chi connectivity index (χ0n) is 12.4. The summed E-state index contributed by atoms with van der Waals surface area (Å²) in [6.45, 7) is 0. The molecule has 2 heterocycles. The molecular weight excluding hydrogens is 499 g/mol. The van der Waals surface area contributed by atoms with E-state index in [-0.39, 0.29) is 21.1 Å². The van der Waals surface area contributed by atoms with Gasteiger partial charge in [0.05, 0.1) is 0 Å². The minimum Gasteiger partial charge on any atom is -0.266 e. The number of hydrogen-bond acceptors (Lipinski definition) is 3. The summed E-state index contributed by atoms with van der Waals surface area (Å²) in [6, 6.07) is 22.6. The molecule has 0 amide bonds. The molecule has 0 atom stereocenters. The summed E-state index contributed by atoms with van der Waals surface area (Å²) in [7, 11) is 0. The van der Waals surface area contributed by atoms with E-state index in [1.165, 1.54) is 0 Å². The van der Waals surface area contributed by atoms with Crippen LogP contribution in [0.25, 0.3) is 11.4 Å². The topological polar surface area (TPSA) is 35.6 Å². The monoisotopic (exact) mass is 511 g/mol. The van der Waals surface area contributed by atoms with Crippen LogP contribution in [0.5, 0.6) is 0 Å². The third kappa shape index (κ3) is 3.69. The van der Waals surface area contributed by atoms with Crippen LogP contribution in [0.4, 0.5) is 0 Å². The molecule has 0 aliphatic carbocycles. The Morgan fingerprint density at radius 3 is 1.62 bits per heavy atom. The Balaban J connectivity index is 0.00000169. The standard InChI is InChI=1S/C18H12N4S.Pt/c1-5-15(21-11-3-9-19-21)13-17(7-1)23-18-8-2-6-16(14-18)22-12-4-10-20-22;/h1-12H;/q-2;+2. The second-order valence-corrected chi connectivity index (χ2v) is 5.89. The van der Waals surface area contributed by atoms with Gasteiger partial charge in [0.15, 0.2) is 0 Å². The molecule has 120 valence electrons. The van der Waals surface area contributed by atoms with E-state index in [1.54, 1.807) is 33.5 Å². The van der Waals surface area contributed by atoms with Crippen molar-refractivity contribution in [1.29, 1.82) is 0 Å². The molecule has 24 heavy (non-hydrogen) atoms. The van der Waals surface area contributed by atoms with Crippen LogP contribution >= 0.6 is 11.8 Å². The Morgan fingerprint density at radius 2 is 1.21 bits per heavy atom. The zero-order valence-corrected chi connectivity index (χ0v) is 15.5. The number of aromatic nitrogens is 4. The van der Waals surface area contributed by atoms with Crippen molar-refractivity contribution in [2.45, 2.75) is 9.79 Å². The molecule has 2 aromatic carbocycles. The van der Waals surface area contributed by atoms with Gasteiger partial charge in [-0.15, -0.1) is 45.8 Å². The van der Waals surface area contributed by atoms with Gasteiger partial charge in [-0.05, 0) is 23.5 Å². The fourth-order valence-electron chi connectivity index (χ4n) is 2.20. The van der Waals surface area contributed by atoms with Gasteiger partial charge >= 0.3 is 21.1 Å². The van der Waals surface area contributed by atoms with Crippen LogP contribution in [-0.4, -0.2) is 19.6 Å². The quantitative estimate of drug-likeness (QED) is 0.391. The van der Waals surface area contributed by atoms with Gasteiger partial charge in [0, 0.05) is 24.8 Å². The van der Waals surface area contributed by atoms with E-state index in [0.717, 1.165) is 21.2 Å². The van der Waals surface area contributed by atoms with E-state index >= 15 is 0 Å². The van der Waals surface area contributed by atoms with Gasteiger partial charge in [0.2, 0.25) is 0 Å². The summed E-state index contributed by atoms with van der Waals surface area (Å²) in [4.78, 5) is 2.04. The molecule has 0 fully saturated rings. The van der Waals surface area contributed by atoms with Crippen LogP contribution < -0.4 is 0 Å². The normalized spacial score (nSPS) is 10.3. The third-order valence-corrected chi connectivity index (χ3v) is 4.14. The van der Waals surface area contributed by atoms with Gasteiger partial charge in [0.1, 0.15) is 0 Å². The van der Waals surface area contributed by atoms with Crippen molar-refractivity contribution >= 4 is 11.8 Å². The molecule has 4 nitrogen and oxygen atoms in total. The summed E-state index contributed by atoms with van der Waals surface area (Å²) in [5.41, 5.74) is 1.84. The molecule has 6 heteroatoms. The molecule has 0 N–H and O–H groups in total. The SMILES string of the molecule is [Pt+2].[c-]1c(Sc2[c-]c(-n3cccn3)ccc2)cccc1-n1cccn1. The number of hydrogen-bond donors (Lipinski definition) is 0. The third-order valence-electron chi connectivity index (χ3n) is 3.23. The Labute approximate surface area is 158 Å². The minimum absolute atomic E-state index is 0. The van der Waals surface area contributed by atoms with E-state index in [9.17, 15) is 0 Å². The van der Waals surface area contributed by atoms with Gasteiger partial charge in [-0.25, -0.2) is 0 Å². The first kappa shape index (κ1) is 16.7. The first-order valence-corrected chi connectivity index (χ1v) is 7.93. The molecule has 0 saturated carbocycles. The predicted molar refractivity (Wildman–Crippen MR) is 88.9 cm³/mol. The second kappa shape index (κ2) is 7.65. The zero-order chi connectivity index (χ0) is 15.5. The average molecular weight is 511 g/mol. The first-order valence-electron chi connectivity index (χ1n) is 7.11. The maximum absolute atomic E-state index is 4.24. The van der Waals surface area contributed by atoms with Gasteiger partial charge in [-0.1, -0.05) is 0 Å². The molecular formula is C18H12N4PtS. The van der Waals surface area contributed by atoms with Gasteiger partial charge in [-0.3, -0.25) is 9.36 Å². The van der Waals surface area contributed by atoms with Crippen LogP contribution in [-0.2, 0) is 21.1 Å². The number of benzene rings is 2. The van der Waals surface area contributed by atoms with Crippen LogP contribution in [0.15, 0.2) is 83.1 Å². The van der Waals surface area contributed by atoms with Crippen molar-refractivity contribution in [3.05, 3.63) is 85.5 Å². The van der Waals surface area contributed by atoms with Crippen molar-refractivity contribution in [2.24, 2.45) is 0 Å². The molecule has 0 aliphatic heterocycles. The molecule has 0 unspecified atom stereocenters. The summed E-state index contributed by atoms with van der Waals surface area (Å²) >= 11 is 1.62. The summed E-state index contributed by atoms with van der Waals surface area (Å²) in [6.07, 6.45) is 7.33. The first-order chi connectivity index (χ1) is 11.4. The molecule has 4 aromatic rings. The molecule has 0 bridgehead atoms. The minimum atomic E-state index is 0. The van der Waals surface area contributed by atoms with Gasteiger partial charge < -0.3 is 0 Å². The van der Waals surface area contributed by atoms with E-state index in [1.807, 2.05) is 60.9 Å². The largest absolute Gasteiger partial charge is 2.00 e. The Bertz CT molecular complexity index is 829. The average Bonchev–Trinajstić information content (AvgIpc) is 3.29. The smallest absolute Gasteiger partial charge is 0.266 e. The predicted octanol–water partition coefficient (Wildman–Crippen LogP) is 3.81. The van der Waals surface area contributed by atoms with Gasteiger partial charge in [-0.2, -0.15) is 34.5 Å². The molecule has 0 saturated heterocycles. The van der Waals surface area contributed by atoms with Crippen molar-refractivity contribution in [1.82, 2.24) is 19.6 Å². The fourth-order valence-corrected chi connectivity index (χ4v) is 3.04. The van der Waals surface area contributed by atoms with Crippen LogP contribution in [0.1, 0.15) is 0 Å². The maximum Gasteiger partial charge on any atom is 2.00 e. The molecule has 4 rings (SSSR count). The van der Waals surface area contributed by atoms with Gasteiger partial charge in [0.25, 0.3) is 0 Å². The van der Waals surface area contributed by atoms with E-state index in [0.29, 0.717) is 0 Å². The molecule has 0 radical (unpaired) electrons. The molecule has 0 spiro atoms. The summed E-state index contributed by atoms with van der Waals surface area (Å²) < 4.78 is 3.60. The number of rotatable bonds is 4. The van der Waals surface area contributed by atoms with Crippen LogP contribution in [0, 0.1) is 12.1 Å². The van der Waals surface area contributed by atoms with E-state index in [2.05, 4.69) is 22.3 Å². The van der Waals surface area contributed by atoms with Crippen LogP contribution in [0.3, 0.4) is 0 Å². The maximum atomic E-state index is 4.24. The summed E-state index contributed by atoms with van der Waals surface area (Å²) in [5, 5.41) is 8.48. The number of nitrogens with zero attached hydrogens (tertiary/aromatic N) is 4. The second-order valence-electron chi connectivity index (χ2n) is 4.80. The Kier molecular flexibility index (Phi) is 5.33. The Hall–Kier alpha value is -2.10. The molecule has 0 aliphatic rings. The summed E-state index contributed by atoms with van der Waals surface area (Å²) in [5.74, 6) is 0. The Morgan fingerprint density at radius 1 is 0.708 bits per heavy atom. The van der Waals surface area contributed by atoms with Crippen molar-refractivity contribution in [3.8, 4) is 11.4 Å².